The van der Waals surface area contributed by atoms with Gasteiger partial charge in [0.05, 0.1) is 24.4 Å². The molecule has 0 aromatic carbocycles. The second-order valence-electron chi connectivity index (χ2n) is 6.25. The van der Waals surface area contributed by atoms with Crippen LogP contribution in [0.15, 0.2) is 28.2 Å². The molecule has 9 heteroatoms. The van der Waals surface area contributed by atoms with Crippen LogP contribution in [0.1, 0.15) is 31.7 Å². The smallest absolute Gasteiger partial charge is 0.311 e. The number of carbonyl (C=O) groups excluding carboxylic acids is 3. The van der Waals surface area contributed by atoms with Crippen molar-refractivity contribution in [1.29, 1.82) is 0 Å². The van der Waals surface area contributed by atoms with Gasteiger partial charge in [0.25, 0.3) is 0 Å². The minimum absolute atomic E-state index is 0.0215. The van der Waals surface area contributed by atoms with E-state index in [-0.39, 0.29) is 24.8 Å². The molecule has 0 N–H and O–H groups in total. The van der Waals surface area contributed by atoms with Crippen molar-refractivity contribution in [2.45, 2.75) is 33.4 Å². The lowest BCUT2D eigenvalue weighted by Gasteiger charge is -2.15. The number of ether oxygens (including phenoxy) is 1. The molecule has 1 aliphatic rings. The zero-order chi connectivity index (χ0) is 19.4. The Kier molecular flexibility index (Phi) is 5.90. The normalized spacial score (nSPS) is 16.6. The topological polar surface area (TPSA) is 93.0 Å². The fourth-order valence-electron chi connectivity index (χ4n) is 2.92. The maximum Gasteiger partial charge on any atom is 0.311 e. The van der Waals surface area contributed by atoms with Gasteiger partial charge in [-0.1, -0.05) is 0 Å². The lowest BCUT2D eigenvalue weighted by Crippen LogP contribution is -2.27. The highest BCUT2D eigenvalue weighted by molar-refractivity contribution is 7.14. The molecule has 8 nitrogen and oxygen atoms in total. The van der Waals surface area contributed by atoms with Crippen LogP contribution in [0.25, 0.3) is 0 Å². The first-order chi connectivity index (χ1) is 13.0. The van der Waals surface area contributed by atoms with Gasteiger partial charge in [-0.25, -0.2) is 4.98 Å². The van der Waals surface area contributed by atoms with Crippen LogP contribution in [0, 0.1) is 5.92 Å². The third kappa shape index (κ3) is 4.54. The van der Waals surface area contributed by atoms with Crippen molar-refractivity contribution in [1.82, 2.24) is 9.88 Å². The first-order valence-corrected chi connectivity index (χ1v) is 9.55. The van der Waals surface area contributed by atoms with E-state index < -0.39 is 11.9 Å². The van der Waals surface area contributed by atoms with Crippen molar-refractivity contribution in [2.24, 2.45) is 5.92 Å². The molecule has 0 bridgehead atoms. The van der Waals surface area contributed by atoms with Gasteiger partial charge in [-0.15, -0.1) is 11.3 Å². The van der Waals surface area contributed by atoms with E-state index in [1.54, 1.807) is 33.6 Å². The molecule has 2 aromatic heterocycles. The zero-order valence-electron chi connectivity index (χ0n) is 15.2. The third-order valence-corrected chi connectivity index (χ3v) is 5.22. The summed E-state index contributed by atoms with van der Waals surface area (Å²) < 4.78 is 10.6. The van der Waals surface area contributed by atoms with E-state index >= 15 is 0 Å². The number of amides is 2. The van der Waals surface area contributed by atoms with Crippen molar-refractivity contribution >= 4 is 34.3 Å². The van der Waals surface area contributed by atoms with Crippen molar-refractivity contribution in [3.8, 4) is 0 Å². The Balaban J connectivity index is 1.52. The Morgan fingerprint density at radius 3 is 2.96 bits per heavy atom. The van der Waals surface area contributed by atoms with E-state index in [9.17, 15) is 14.4 Å². The quantitative estimate of drug-likeness (QED) is 0.672. The summed E-state index contributed by atoms with van der Waals surface area (Å²) in [6.45, 7) is 4.56. The van der Waals surface area contributed by atoms with Crippen molar-refractivity contribution in [2.75, 3.05) is 18.0 Å². The summed E-state index contributed by atoms with van der Waals surface area (Å²) in [5, 5.41) is 2.34. The fraction of sp³-hybridized carbons (Fsp3) is 0.444. The highest BCUT2D eigenvalue weighted by Gasteiger charge is 2.35. The van der Waals surface area contributed by atoms with Gasteiger partial charge in [0, 0.05) is 31.8 Å². The third-order valence-electron chi connectivity index (χ3n) is 4.30. The molecule has 2 amide bonds. The number of esters is 1. The van der Waals surface area contributed by atoms with Crippen LogP contribution >= 0.6 is 11.3 Å². The van der Waals surface area contributed by atoms with Gasteiger partial charge in [0.1, 0.15) is 12.4 Å². The summed E-state index contributed by atoms with van der Waals surface area (Å²) in [5.41, 5.74) is 0.583. The van der Waals surface area contributed by atoms with Gasteiger partial charge < -0.3 is 14.1 Å². The summed E-state index contributed by atoms with van der Waals surface area (Å²) in [6, 6.07) is 3.55. The van der Waals surface area contributed by atoms with Crippen molar-refractivity contribution in [3.05, 3.63) is 35.2 Å². The molecule has 1 atom stereocenters. The summed E-state index contributed by atoms with van der Waals surface area (Å²) in [5.74, 6) is -0.409. The SMILES string of the molecule is CCN(C(C)=O)c1nc(COC(=O)[C@@H]2CC(=O)N(Cc3ccco3)C2)cs1. The van der Waals surface area contributed by atoms with Crippen LogP contribution < -0.4 is 4.90 Å². The maximum atomic E-state index is 12.3. The van der Waals surface area contributed by atoms with Crippen LogP contribution in [-0.4, -0.2) is 40.8 Å². The molecule has 27 heavy (non-hydrogen) atoms. The number of rotatable bonds is 7. The fourth-order valence-corrected chi connectivity index (χ4v) is 3.83. The standard InChI is InChI=1S/C18H21N3O5S/c1-3-21(12(2)22)18-19-14(11-27-18)10-26-17(24)13-7-16(23)20(8-13)9-15-5-4-6-25-15/h4-6,11,13H,3,7-10H2,1-2H3/t13-/m1/s1. The molecule has 0 unspecified atom stereocenters. The number of thiazole rings is 1. The monoisotopic (exact) mass is 391 g/mol. The van der Waals surface area contributed by atoms with E-state index in [4.69, 9.17) is 9.15 Å². The van der Waals surface area contributed by atoms with Crippen LogP contribution in [0.2, 0.25) is 0 Å². The van der Waals surface area contributed by atoms with Crippen LogP contribution in [0.4, 0.5) is 5.13 Å². The number of hydrogen-bond acceptors (Lipinski definition) is 7. The predicted molar refractivity (Wildman–Crippen MR) is 97.8 cm³/mol. The highest BCUT2D eigenvalue weighted by Crippen LogP contribution is 2.24. The zero-order valence-corrected chi connectivity index (χ0v) is 16.0. The van der Waals surface area contributed by atoms with E-state index in [1.807, 2.05) is 6.92 Å². The van der Waals surface area contributed by atoms with E-state index in [1.165, 1.54) is 18.3 Å². The van der Waals surface area contributed by atoms with Gasteiger partial charge in [0.2, 0.25) is 11.8 Å². The van der Waals surface area contributed by atoms with Crippen molar-refractivity contribution in [3.63, 3.8) is 0 Å². The molecule has 0 radical (unpaired) electrons. The number of hydrogen-bond donors (Lipinski definition) is 0. The highest BCUT2D eigenvalue weighted by atomic mass is 32.1. The molecule has 3 heterocycles. The molecular formula is C18H21N3O5S. The van der Waals surface area contributed by atoms with Gasteiger partial charge in [-0.2, -0.15) is 0 Å². The lowest BCUT2D eigenvalue weighted by molar-refractivity contribution is -0.149. The van der Waals surface area contributed by atoms with E-state index in [0.29, 0.717) is 36.2 Å². The largest absolute Gasteiger partial charge is 0.467 e. The summed E-state index contributed by atoms with van der Waals surface area (Å²) in [4.78, 5) is 43.4. The molecule has 144 valence electrons. The summed E-state index contributed by atoms with van der Waals surface area (Å²) in [6.07, 6.45) is 1.69. The number of anilines is 1. The van der Waals surface area contributed by atoms with Gasteiger partial charge >= 0.3 is 5.97 Å². The second-order valence-corrected chi connectivity index (χ2v) is 7.08. The molecular weight excluding hydrogens is 370 g/mol. The molecule has 0 spiro atoms. The van der Waals surface area contributed by atoms with Gasteiger partial charge in [-0.05, 0) is 19.1 Å². The average molecular weight is 391 g/mol. The van der Waals surface area contributed by atoms with Crippen LogP contribution in [-0.2, 0) is 32.3 Å². The Labute approximate surface area is 160 Å². The lowest BCUT2D eigenvalue weighted by atomic mass is 10.1. The van der Waals surface area contributed by atoms with Gasteiger partial charge in [-0.3, -0.25) is 19.3 Å². The van der Waals surface area contributed by atoms with E-state index in [2.05, 4.69) is 4.98 Å². The Bertz CT molecular complexity index is 817. The summed E-state index contributed by atoms with van der Waals surface area (Å²) in [7, 11) is 0. The Morgan fingerprint density at radius 1 is 1.48 bits per heavy atom. The molecule has 1 fully saturated rings. The molecule has 0 aliphatic carbocycles. The molecule has 0 saturated carbocycles. The van der Waals surface area contributed by atoms with Crippen LogP contribution in [0.5, 0.6) is 0 Å². The van der Waals surface area contributed by atoms with Crippen LogP contribution in [0.3, 0.4) is 0 Å². The predicted octanol–water partition coefficient (Wildman–Crippen LogP) is 2.20. The molecule has 1 saturated heterocycles. The molecule has 1 aliphatic heterocycles. The number of carbonyl (C=O) groups is 3. The number of furan rings is 1. The first-order valence-electron chi connectivity index (χ1n) is 8.67. The second kappa shape index (κ2) is 8.34. The van der Waals surface area contributed by atoms with Crippen molar-refractivity contribution < 1.29 is 23.5 Å². The van der Waals surface area contributed by atoms with E-state index in [0.717, 1.165) is 0 Å². The minimum Gasteiger partial charge on any atom is -0.467 e. The number of nitrogens with zero attached hydrogens (tertiary/aromatic N) is 3. The maximum absolute atomic E-state index is 12.3. The number of aromatic nitrogens is 1. The Morgan fingerprint density at radius 2 is 2.30 bits per heavy atom. The Hall–Kier alpha value is -2.68. The molecule has 2 aromatic rings. The number of likely N-dealkylation sites (tertiary alicyclic amines) is 1. The molecule has 3 rings (SSSR count). The summed E-state index contributed by atoms with van der Waals surface area (Å²) >= 11 is 1.33. The first kappa shape index (κ1) is 19.1. The van der Waals surface area contributed by atoms with Gasteiger partial charge in [0.15, 0.2) is 5.13 Å². The minimum atomic E-state index is -0.491. The average Bonchev–Trinajstić information content (AvgIpc) is 3.36.